The summed E-state index contributed by atoms with van der Waals surface area (Å²) in [7, 11) is 0. The normalized spacial score (nSPS) is 18.3. The maximum absolute atomic E-state index is 8.93. The van der Waals surface area contributed by atoms with Gasteiger partial charge in [0.2, 0.25) is 5.78 Å². The van der Waals surface area contributed by atoms with Gasteiger partial charge in [-0.2, -0.15) is 0 Å². The molecule has 0 spiro atoms. The Kier molecular flexibility index (Phi) is 5.13. The maximum atomic E-state index is 8.93. The summed E-state index contributed by atoms with van der Waals surface area (Å²) in [6, 6.07) is 10.6. The number of imidazole rings is 1. The molecule has 6 heteroatoms. The SMILES string of the molecule is OCCOc1cccc(CN2CCCC[C@@H]2c2ccn3ccnc3n2)c1. The Morgan fingerprint density at radius 1 is 1.19 bits per heavy atom. The predicted molar refractivity (Wildman–Crippen MR) is 99.0 cm³/mol. The number of benzene rings is 1. The Labute approximate surface area is 153 Å². The van der Waals surface area contributed by atoms with Crippen molar-refractivity contribution in [2.45, 2.75) is 31.8 Å². The van der Waals surface area contributed by atoms with Gasteiger partial charge in [-0.25, -0.2) is 9.97 Å². The molecule has 3 aromatic rings. The molecule has 26 heavy (non-hydrogen) atoms. The van der Waals surface area contributed by atoms with E-state index in [1.807, 2.05) is 28.9 Å². The summed E-state index contributed by atoms with van der Waals surface area (Å²) < 4.78 is 7.49. The van der Waals surface area contributed by atoms with Gasteiger partial charge in [0.1, 0.15) is 12.4 Å². The van der Waals surface area contributed by atoms with Crippen LogP contribution in [0.15, 0.2) is 48.9 Å². The molecule has 6 nitrogen and oxygen atoms in total. The molecule has 0 saturated carbocycles. The first-order chi connectivity index (χ1) is 12.8. The second-order valence-electron chi connectivity index (χ2n) is 6.69. The topological polar surface area (TPSA) is 62.9 Å². The van der Waals surface area contributed by atoms with Crippen molar-refractivity contribution >= 4 is 5.78 Å². The van der Waals surface area contributed by atoms with E-state index in [0.29, 0.717) is 12.6 Å². The van der Waals surface area contributed by atoms with E-state index in [1.165, 1.54) is 18.4 Å². The molecule has 1 N–H and O–H groups in total. The Bertz CT molecular complexity index is 864. The number of aromatic nitrogens is 3. The van der Waals surface area contributed by atoms with E-state index in [2.05, 4.69) is 28.1 Å². The highest BCUT2D eigenvalue weighted by atomic mass is 16.5. The van der Waals surface area contributed by atoms with Gasteiger partial charge in [-0.15, -0.1) is 0 Å². The third-order valence-corrected chi connectivity index (χ3v) is 4.88. The van der Waals surface area contributed by atoms with E-state index in [4.69, 9.17) is 14.8 Å². The number of hydrogen-bond acceptors (Lipinski definition) is 5. The van der Waals surface area contributed by atoms with Crippen LogP contribution in [-0.2, 0) is 6.54 Å². The molecule has 2 aromatic heterocycles. The lowest BCUT2D eigenvalue weighted by Crippen LogP contribution is -2.33. The van der Waals surface area contributed by atoms with Crippen molar-refractivity contribution in [2.75, 3.05) is 19.8 Å². The van der Waals surface area contributed by atoms with Crippen molar-refractivity contribution in [3.63, 3.8) is 0 Å². The fourth-order valence-electron chi connectivity index (χ4n) is 3.65. The van der Waals surface area contributed by atoms with Gasteiger partial charge in [-0.3, -0.25) is 9.30 Å². The fraction of sp³-hybridized carbons (Fsp3) is 0.400. The van der Waals surface area contributed by atoms with Crippen LogP contribution in [0.5, 0.6) is 5.75 Å². The van der Waals surface area contributed by atoms with E-state index < -0.39 is 0 Å². The highest BCUT2D eigenvalue weighted by Crippen LogP contribution is 2.31. The first-order valence-corrected chi connectivity index (χ1v) is 9.20. The molecular formula is C20H24N4O2. The molecule has 0 radical (unpaired) electrons. The second-order valence-corrected chi connectivity index (χ2v) is 6.69. The molecule has 4 rings (SSSR count). The van der Waals surface area contributed by atoms with Crippen LogP contribution >= 0.6 is 0 Å². The number of piperidine rings is 1. The van der Waals surface area contributed by atoms with Crippen LogP contribution < -0.4 is 4.74 Å². The fourth-order valence-corrected chi connectivity index (χ4v) is 3.65. The minimum atomic E-state index is 0.0281. The molecule has 1 atom stereocenters. The Morgan fingerprint density at radius 2 is 2.15 bits per heavy atom. The summed E-state index contributed by atoms with van der Waals surface area (Å²) in [5.41, 5.74) is 2.31. The van der Waals surface area contributed by atoms with E-state index >= 15 is 0 Å². The molecule has 3 heterocycles. The third kappa shape index (κ3) is 3.71. The number of likely N-dealkylation sites (tertiary alicyclic amines) is 1. The molecule has 0 bridgehead atoms. The lowest BCUT2D eigenvalue weighted by molar-refractivity contribution is 0.137. The number of rotatable bonds is 6. The lowest BCUT2D eigenvalue weighted by atomic mass is 9.98. The molecule has 136 valence electrons. The van der Waals surface area contributed by atoms with Crippen LogP contribution in [-0.4, -0.2) is 44.1 Å². The molecule has 1 aromatic carbocycles. The summed E-state index contributed by atoms with van der Waals surface area (Å²) in [6.45, 7) is 2.28. The summed E-state index contributed by atoms with van der Waals surface area (Å²) in [4.78, 5) is 11.6. The number of hydrogen-bond donors (Lipinski definition) is 1. The zero-order valence-electron chi connectivity index (χ0n) is 14.8. The average molecular weight is 352 g/mol. The predicted octanol–water partition coefficient (Wildman–Crippen LogP) is 2.83. The van der Waals surface area contributed by atoms with Gasteiger partial charge in [0.05, 0.1) is 18.3 Å². The van der Waals surface area contributed by atoms with Crippen LogP contribution in [0.3, 0.4) is 0 Å². The van der Waals surface area contributed by atoms with E-state index in [-0.39, 0.29) is 6.61 Å². The number of nitrogens with zero attached hydrogens (tertiary/aromatic N) is 4. The number of fused-ring (bicyclic) bond motifs is 1. The van der Waals surface area contributed by atoms with Gasteiger partial charge in [0.15, 0.2) is 0 Å². The third-order valence-electron chi connectivity index (χ3n) is 4.88. The molecule has 0 amide bonds. The second kappa shape index (κ2) is 7.85. The standard InChI is InChI=1S/C20H24N4O2/c25-12-13-26-17-5-3-4-16(14-17)15-24-9-2-1-6-19(24)18-7-10-23-11-8-21-20(23)22-18/h3-5,7-8,10-11,14,19,25H,1-2,6,9,12-13,15H2/t19-/m1/s1. The van der Waals surface area contributed by atoms with Crippen molar-refractivity contribution < 1.29 is 9.84 Å². The van der Waals surface area contributed by atoms with E-state index in [0.717, 1.165) is 36.7 Å². The minimum Gasteiger partial charge on any atom is -0.491 e. The highest BCUT2D eigenvalue weighted by Gasteiger charge is 2.25. The molecule has 1 saturated heterocycles. The molecule has 1 aliphatic heterocycles. The van der Waals surface area contributed by atoms with Crippen molar-refractivity contribution in [1.29, 1.82) is 0 Å². The molecule has 0 aliphatic carbocycles. The quantitative estimate of drug-likeness (QED) is 0.739. The van der Waals surface area contributed by atoms with Gasteiger partial charge in [-0.1, -0.05) is 18.6 Å². The summed E-state index contributed by atoms with van der Waals surface area (Å²) >= 11 is 0. The summed E-state index contributed by atoms with van der Waals surface area (Å²) in [5.74, 6) is 1.56. The van der Waals surface area contributed by atoms with Crippen molar-refractivity contribution in [3.8, 4) is 5.75 Å². The van der Waals surface area contributed by atoms with Crippen molar-refractivity contribution in [1.82, 2.24) is 19.3 Å². The molecule has 1 fully saturated rings. The lowest BCUT2D eigenvalue weighted by Gasteiger charge is -2.35. The number of ether oxygens (including phenoxy) is 1. The molecule has 1 aliphatic rings. The Balaban J connectivity index is 1.54. The minimum absolute atomic E-state index is 0.0281. The molecule has 0 unspecified atom stereocenters. The smallest absolute Gasteiger partial charge is 0.233 e. The van der Waals surface area contributed by atoms with Crippen molar-refractivity contribution in [3.05, 3.63) is 60.2 Å². The first-order valence-electron chi connectivity index (χ1n) is 9.20. The zero-order valence-corrected chi connectivity index (χ0v) is 14.8. The van der Waals surface area contributed by atoms with E-state index in [9.17, 15) is 0 Å². The van der Waals surface area contributed by atoms with Crippen LogP contribution in [0.4, 0.5) is 0 Å². The average Bonchev–Trinajstić information content (AvgIpc) is 3.15. The Hall–Kier alpha value is -2.44. The van der Waals surface area contributed by atoms with Gasteiger partial charge in [0.25, 0.3) is 0 Å². The van der Waals surface area contributed by atoms with Gasteiger partial charge < -0.3 is 9.84 Å². The monoisotopic (exact) mass is 352 g/mol. The van der Waals surface area contributed by atoms with Crippen LogP contribution in [0.1, 0.15) is 36.6 Å². The number of aliphatic hydroxyl groups is 1. The largest absolute Gasteiger partial charge is 0.491 e. The maximum Gasteiger partial charge on any atom is 0.233 e. The number of aliphatic hydroxyl groups excluding tert-OH is 1. The zero-order chi connectivity index (χ0) is 17.8. The van der Waals surface area contributed by atoms with Crippen LogP contribution in [0, 0.1) is 0 Å². The summed E-state index contributed by atoms with van der Waals surface area (Å²) in [5, 5.41) is 8.93. The van der Waals surface area contributed by atoms with Gasteiger partial charge in [-0.05, 0) is 43.1 Å². The highest BCUT2D eigenvalue weighted by molar-refractivity contribution is 5.31. The van der Waals surface area contributed by atoms with Crippen molar-refractivity contribution in [2.24, 2.45) is 0 Å². The Morgan fingerprint density at radius 3 is 3.08 bits per heavy atom. The first kappa shape index (κ1) is 17.0. The van der Waals surface area contributed by atoms with Crippen LogP contribution in [0.2, 0.25) is 0 Å². The summed E-state index contributed by atoms with van der Waals surface area (Å²) in [6.07, 6.45) is 9.29. The van der Waals surface area contributed by atoms with E-state index in [1.54, 1.807) is 6.20 Å². The van der Waals surface area contributed by atoms with Gasteiger partial charge >= 0.3 is 0 Å². The van der Waals surface area contributed by atoms with Crippen LogP contribution in [0.25, 0.3) is 5.78 Å². The van der Waals surface area contributed by atoms with Gasteiger partial charge in [0, 0.05) is 25.1 Å². The molecular weight excluding hydrogens is 328 g/mol.